The zero-order valence-corrected chi connectivity index (χ0v) is 15.9. The fourth-order valence-electron chi connectivity index (χ4n) is 5.16. The van der Waals surface area contributed by atoms with Crippen molar-refractivity contribution in [2.45, 2.75) is 31.8 Å². The molecule has 0 aliphatic heterocycles. The molecule has 29 heavy (non-hydrogen) atoms. The maximum absolute atomic E-state index is 10.9. The van der Waals surface area contributed by atoms with E-state index in [2.05, 4.69) is 25.3 Å². The van der Waals surface area contributed by atoms with Gasteiger partial charge in [-0.3, -0.25) is 5.10 Å². The van der Waals surface area contributed by atoms with Crippen molar-refractivity contribution in [3.8, 4) is 17.1 Å². The van der Waals surface area contributed by atoms with Gasteiger partial charge in [0, 0.05) is 17.1 Å². The van der Waals surface area contributed by atoms with E-state index in [4.69, 9.17) is 0 Å². The molecule has 2 N–H and O–H groups in total. The van der Waals surface area contributed by atoms with Crippen molar-refractivity contribution < 1.29 is 5.11 Å². The molecule has 146 valence electrons. The van der Waals surface area contributed by atoms with Crippen molar-refractivity contribution in [1.29, 1.82) is 0 Å². The standard InChI is InChI=1S/C22H22N6O/c29-20(19-17-6-1-2-7-18(17)19)14-8-15-11-26-28(22(15)23-10-14)16-5-3-4-13(9-16)21-24-12-25-27-21/h3-5,8-12,17-20,29H,1-2,6-7H2,(H,24,25,27)/t17?,18?,19?,20-/m0/s1. The number of pyridine rings is 1. The SMILES string of the molecule is O[C@@H](c1cnc2c(cnn2-c2cccc(-c3ncn[nH]3)c2)c1)C1C2CCCCC21. The monoisotopic (exact) mass is 386 g/mol. The number of aliphatic hydroxyl groups is 1. The second-order valence-electron chi connectivity index (χ2n) is 8.26. The predicted octanol–water partition coefficient (Wildman–Crippen LogP) is 3.68. The first-order valence-corrected chi connectivity index (χ1v) is 10.3. The molecule has 0 spiro atoms. The van der Waals surface area contributed by atoms with Crippen LogP contribution in [0.5, 0.6) is 0 Å². The van der Waals surface area contributed by atoms with Crippen molar-refractivity contribution in [3.05, 3.63) is 54.6 Å². The molecule has 7 heteroatoms. The Balaban J connectivity index is 1.32. The molecule has 3 heterocycles. The number of nitrogens with zero attached hydrogens (tertiary/aromatic N) is 5. The zero-order chi connectivity index (χ0) is 19.4. The van der Waals surface area contributed by atoms with Crippen LogP contribution < -0.4 is 0 Å². The normalized spacial score (nSPS) is 24.4. The number of hydrogen-bond donors (Lipinski definition) is 2. The Kier molecular flexibility index (Phi) is 3.77. The zero-order valence-electron chi connectivity index (χ0n) is 15.9. The fraction of sp³-hybridized carbons (Fsp3) is 0.364. The van der Waals surface area contributed by atoms with Crippen molar-refractivity contribution in [3.63, 3.8) is 0 Å². The van der Waals surface area contributed by atoms with Gasteiger partial charge < -0.3 is 5.11 Å². The van der Waals surface area contributed by atoms with E-state index in [1.54, 1.807) is 0 Å². The van der Waals surface area contributed by atoms with Gasteiger partial charge in [0.05, 0.1) is 18.0 Å². The Bertz CT molecular complexity index is 1160. The number of aromatic amines is 1. The number of aliphatic hydroxyl groups excluding tert-OH is 1. The van der Waals surface area contributed by atoms with Gasteiger partial charge in [0.25, 0.3) is 0 Å². The van der Waals surface area contributed by atoms with E-state index < -0.39 is 6.10 Å². The highest BCUT2D eigenvalue weighted by atomic mass is 16.3. The summed E-state index contributed by atoms with van der Waals surface area (Å²) in [6.45, 7) is 0. The summed E-state index contributed by atoms with van der Waals surface area (Å²) < 4.78 is 1.82. The quantitative estimate of drug-likeness (QED) is 0.558. The molecule has 6 rings (SSSR count). The second-order valence-corrected chi connectivity index (χ2v) is 8.26. The van der Waals surface area contributed by atoms with Crippen LogP contribution in [-0.2, 0) is 0 Å². The summed E-state index contributed by atoms with van der Waals surface area (Å²) in [4.78, 5) is 8.88. The van der Waals surface area contributed by atoms with Crippen molar-refractivity contribution in [2.75, 3.05) is 0 Å². The molecule has 2 aliphatic carbocycles. The minimum absolute atomic E-state index is 0.408. The number of fused-ring (bicyclic) bond motifs is 2. The average Bonchev–Trinajstić information content (AvgIpc) is 3.10. The highest BCUT2D eigenvalue weighted by Crippen LogP contribution is 2.60. The Morgan fingerprint density at radius 2 is 1.93 bits per heavy atom. The third-order valence-corrected chi connectivity index (χ3v) is 6.64. The molecular formula is C22H22N6O. The maximum atomic E-state index is 10.9. The topological polar surface area (TPSA) is 92.5 Å². The van der Waals surface area contributed by atoms with Crippen LogP contribution in [0, 0.1) is 17.8 Å². The van der Waals surface area contributed by atoms with Gasteiger partial charge >= 0.3 is 0 Å². The van der Waals surface area contributed by atoms with Gasteiger partial charge in [0.1, 0.15) is 6.33 Å². The molecule has 7 nitrogen and oxygen atoms in total. The Labute approximate surface area is 167 Å². The minimum atomic E-state index is -0.418. The lowest BCUT2D eigenvalue weighted by Crippen LogP contribution is -2.04. The average molecular weight is 386 g/mol. The summed E-state index contributed by atoms with van der Waals surface area (Å²) in [5.74, 6) is 2.53. The molecule has 2 aliphatic rings. The minimum Gasteiger partial charge on any atom is -0.388 e. The van der Waals surface area contributed by atoms with Crippen molar-refractivity contribution >= 4 is 11.0 Å². The predicted molar refractivity (Wildman–Crippen MR) is 108 cm³/mol. The lowest BCUT2D eigenvalue weighted by molar-refractivity contribution is 0.142. The molecule has 1 aromatic carbocycles. The molecule has 2 unspecified atom stereocenters. The van der Waals surface area contributed by atoms with Crippen LogP contribution in [0.25, 0.3) is 28.1 Å². The largest absolute Gasteiger partial charge is 0.388 e. The summed E-state index contributed by atoms with van der Waals surface area (Å²) in [5, 5.41) is 23.2. The first-order valence-electron chi connectivity index (χ1n) is 10.3. The number of aromatic nitrogens is 6. The summed E-state index contributed by atoms with van der Waals surface area (Å²) in [6.07, 6.45) is 9.86. The van der Waals surface area contributed by atoms with E-state index in [1.165, 1.54) is 32.0 Å². The smallest absolute Gasteiger partial charge is 0.162 e. The van der Waals surface area contributed by atoms with Crippen LogP contribution in [0.3, 0.4) is 0 Å². The molecule has 2 fully saturated rings. The molecule has 0 amide bonds. The lowest BCUT2D eigenvalue weighted by atomic mass is 10.0. The number of benzene rings is 1. The molecule has 2 saturated carbocycles. The molecule has 0 radical (unpaired) electrons. The van der Waals surface area contributed by atoms with E-state index in [1.807, 2.05) is 47.4 Å². The fourth-order valence-corrected chi connectivity index (χ4v) is 5.16. The van der Waals surface area contributed by atoms with E-state index in [0.717, 1.165) is 27.8 Å². The maximum Gasteiger partial charge on any atom is 0.162 e. The van der Waals surface area contributed by atoms with Crippen LogP contribution in [0.15, 0.2) is 49.1 Å². The van der Waals surface area contributed by atoms with Gasteiger partial charge in [-0.25, -0.2) is 14.6 Å². The van der Waals surface area contributed by atoms with E-state index >= 15 is 0 Å². The van der Waals surface area contributed by atoms with Gasteiger partial charge in [-0.2, -0.15) is 10.2 Å². The third kappa shape index (κ3) is 2.76. The van der Waals surface area contributed by atoms with E-state index in [-0.39, 0.29) is 0 Å². The van der Waals surface area contributed by atoms with E-state index in [9.17, 15) is 5.11 Å². The first-order chi connectivity index (χ1) is 14.3. The number of nitrogens with one attached hydrogen (secondary N) is 1. The van der Waals surface area contributed by atoms with Crippen molar-refractivity contribution in [1.82, 2.24) is 29.9 Å². The van der Waals surface area contributed by atoms with Crippen LogP contribution in [0.1, 0.15) is 37.4 Å². The van der Waals surface area contributed by atoms with Gasteiger partial charge in [0.2, 0.25) is 0 Å². The molecule has 4 aromatic rings. The number of H-pyrrole nitrogens is 1. The molecule has 0 saturated heterocycles. The Morgan fingerprint density at radius 3 is 2.72 bits per heavy atom. The molecule has 3 atom stereocenters. The summed E-state index contributed by atoms with van der Waals surface area (Å²) in [6, 6.07) is 9.99. The van der Waals surface area contributed by atoms with Gasteiger partial charge in [0.15, 0.2) is 11.5 Å². The second kappa shape index (κ2) is 6.49. The molecular weight excluding hydrogens is 364 g/mol. The van der Waals surface area contributed by atoms with Crippen LogP contribution in [0.2, 0.25) is 0 Å². The van der Waals surface area contributed by atoms with Crippen molar-refractivity contribution in [2.24, 2.45) is 17.8 Å². The molecule has 0 bridgehead atoms. The molecule has 3 aromatic heterocycles. The highest BCUT2D eigenvalue weighted by Gasteiger charge is 2.54. The van der Waals surface area contributed by atoms with E-state index in [0.29, 0.717) is 23.6 Å². The van der Waals surface area contributed by atoms with Crippen LogP contribution in [-0.4, -0.2) is 35.1 Å². The van der Waals surface area contributed by atoms with Gasteiger partial charge in [-0.1, -0.05) is 25.0 Å². The summed E-state index contributed by atoms with van der Waals surface area (Å²) in [5.41, 5.74) is 3.53. The van der Waals surface area contributed by atoms with Gasteiger partial charge in [-0.05, 0) is 54.4 Å². The number of hydrogen-bond acceptors (Lipinski definition) is 5. The van der Waals surface area contributed by atoms with Gasteiger partial charge in [-0.15, -0.1) is 0 Å². The first kappa shape index (κ1) is 16.9. The van der Waals surface area contributed by atoms with Crippen LogP contribution >= 0.6 is 0 Å². The van der Waals surface area contributed by atoms with Crippen LogP contribution in [0.4, 0.5) is 0 Å². The Morgan fingerprint density at radius 1 is 1.07 bits per heavy atom. The third-order valence-electron chi connectivity index (χ3n) is 6.64. The summed E-state index contributed by atoms with van der Waals surface area (Å²) in [7, 11) is 0. The summed E-state index contributed by atoms with van der Waals surface area (Å²) >= 11 is 0. The lowest BCUT2D eigenvalue weighted by Gasteiger charge is -2.11. The Hall–Kier alpha value is -3.06. The highest BCUT2D eigenvalue weighted by molar-refractivity contribution is 5.77. The number of rotatable bonds is 4.